The van der Waals surface area contributed by atoms with E-state index in [1.54, 1.807) is 24.3 Å². The lowest BCUT2D eigenvalue weighted by Gasteiger charge is -2.31. The molecule has 0 aromatic heterocycles. The van der Waals surface area contributed by atoms with Gasteiger partial charge in [-0.1, -0.05) is 41.6 Å². The van der Waals surface area contributed by atoms with Crippen LogP contribution in [0.2, 0.25) is 5.02 Å². The zero-order chi connectivity index (χ0) is 25.5. The molecule has 2 atom stereocenters. The molecule has 0 aliphatic carbocycles. The van der Waals surface area contributed by atoms with Crippen molar-refractivity contribution in [3.05, 3.63) is 75.3 Å². The van der Waals surface area contributed by atoms with E-state index in [1.807, 2.05) is 0 Å². The molecule has 0 spiro atoms. The number of hydrogen-bond acceptors (Lipinski definition) is 8. The summed E-state index contributed by atoms with van der Waals surface area (Å²) in [4.78, 5) is 49.6. The van der Waals surface area contributed by atoms with Crippen LogP contribution in [-0.4, -0.2) is 43.7 Å². The second-order valence-electron chi connectivity index (χ2n) is 7.28. The number of carbonyl (C=O) groups excluding carboxylic acids is 4. The van der Waals surface area contributed by atoms with Gasteiger partial charge in [-0.25, -0.2) is 4.79 Å². The maximum Gasteiger partial charge on any atom is 0.337 e. The van der Waals surface area contributed by atoms with Crippen molar-refractivity contribution in [1.29, 1.82) is 5.26 Å². The van der Waals surface area contributed by atoms with Crippen molar-refractivity contribution in [1.82, 2.24) is 5.32 Å². The molecule has 3 rings (SSSR count). The van der Waals surface area contributed by atoms with Crippen LogP contribution in [-0.2, 0) is 23.9 Å². The van der Waals surface area contributed by atoms with E-state index in [9.17, 15) is 24.4 Å². The predicted octanol–water partition coefficient (Wildman–Crippen LogP) is 3.24. The summed E-state index contributed by atoms with van der Waals surface area (Å²) in [6.45, 7) is 0. The van der Waals surface area contributed by atoms with E-state index in [0.717, 1.165) is 18.9 Å². The number of ether oxygens (including phenoxy) is 2. The topological polar surface area (TPSA) is 135 Å². The van der Waals surface area contributed by atoms with Gasteiger partial charge in [0.15, 0.2) is 0 Å². The van der Waals surface area contributed by atoms with Gasteiger partial charge in [0.2, 0.25) is 11.8 Å². The van der Waals surface area contributed by atoms with Crippen molar-refractivity contribution in [3.63, 3.8) is 0 Å². The number of carbonyl (C=O) groups is 4. The Morgan fingerprint density at radius 1 is 1.14 bits per heavy atom. The highest BCUT2D eigenvalue weighted by atomic mass is 35.5. The van der Waals surface area contributed by atoms with E-state index in [0.29, 0.717) is 16.3 Å². The van der Waals surface area contributed by atoms with E-state index in [-0.39, 0.29) is 27.8 Å². The van der Waals surface area contributed by atoms with E-state index in [4.69, 9.17) is 21.1 Å². The normalized spacial score (nSPS) is 17.1. The number of nitriles is 1. The number of nitrogens with one attached hydrogen (secondary N) is 2. The number of benzene rings is 2. The van der Waals surface area contributed by atoms with Gasteiger partial charge in [0.05, 0.1) is 42.2 Å². The first-order chi connectivity index (χ1) is 16.8. The van der Waals surface area contributed by atoms with Gasteiger partial charge in [0.25, 0.3) is 0 Å². The summed E-state index contributed by atoms with van der Waals surface area (Å²) in [7, 11) is 2.39. The Morgan fingerprint density at radius 3 is 2.46 bits per heavy atom. The van der Waals surface area contributed by atoms with Crippen LogP contribution in [0.3, 0.4) is 0 Å². The van der Waals surface area contributed by atoms with Gasteiger partial charge in [0.1, 0.15) is 5.92 Å². The highest BCUT2D eigenvalue weighted by Crippen LogP contribution is 2.40. The second kappa shape index (κ2) is 11.6. The molecule has 2 aromatic carbocycles. The third kappa shape index (κ3) is 6.01. The summed E-state index contributed by atoms with van der Waals surface area (Å²) < 4.78 is 9.50. The van der Waals surface area contributed by atoms with Crippen LogP contribution in [0.4, 0.5) is 5.69 Å². The van der Waals surface area contributed by atoms with Gasteiger partial charge in [-0.3, -0.25) is 14.4 Å². The lowest BCUT2D eigenvalue weighted by molar-refractivity contribution is -0.150. The van der Waals surface area contributed by atoms with Gasteiger partial charge in [-0.15, -0.1) is 0 Å². The molecule has 0 saturated heterocycles. The first kappa shape index (κ1) is 25.8. The third-order valence-electron chi connectivity index (χ3n) is 5.13. The smallest absolute Gasteiger partial charge is 0.337 e. The molecular weight excluding hydrogens is 494 g/mol. The Kier molecular flexibility index (Phi) is 8.52. The molecule has 0 radical (unpaired) electrons. The first-order valence-corrected chi connectivity index (χ1v) is 11.5. The molecule has 0 bridgehead atoms. The molecule has 1 aliphatic heterocycles. The number of anilines is 1. The Labute approximate surface area is 210 Å². The largest absolute Gasteiger partial charge is 0.468 e. The fourth-order valence-corrected chi connectivity index (χ4v) is 4.56. The lowest BCUT2D eigenvalue weighted by atomic mass is 9.78. The number of halogens is 1. The van der Waals surface area contributed by atoms with Crippen LogP contribution in [0.15, 0.2) is 59.1 Å². The molecule has 180 valence electrons. The Hall–Kier alpha value is -3.81. The summed E-state index contributed by atoms with van der Waals surface area (Å²) in [6, 6.07) is 14.7. The Bertz CT molecular complexity index is 1240. The maximum atomic E-state index is 12.9. The number of nitrogens with zero attached hydrogens (tertiary/aromatic N) is 1. The van der Waals surface area contributed by atoms with Crippen LogP contribution < -0.4 is 10.6 Å². The summed E-state index contributed by atoms with van der Waals surface area (Å²) in [5.41, 5.74) is 1.30. The minimum atomic E-state index is -1.33. The quantitative estimate of drug-likeness (QED) is 0.425. The molecule has 1 aliphatic rings. The zero-order valence-electron chi connectivity index (χ0n) is 18.7. The van der Waals surface area contributed by atoms with Crippen molar-refractivity contribution >= 4 is 52.8 Å². The molecule has 0 unspecified atom stereocenters. The highest BCUT2D eigenvalue weighted by molar-refractivity contribution is 8.03. The number of thioether (sulfide) groups is 1. The highest BCUT2D eigenvalue weighted by Gasteiger charge is 2.44. The summed E-state index contributed by atoms with van der Waals surface area (Å²) in [5.74, 6) is -4.86. The van der Waals surface area contributed by atoms with Gasteiger partial charge in [-0.2, -0.15) is 5.26 Å². The number of amides is 2. The second-order valence-corrected chi connectivity index (χ2v) is 8.71. The molecular formula is C24H20ClN3O6S. The first-order valence-electron chi connectivity index (χ1n) is 10.2. The molecule has 11 heteroatoms. The van der Waals surface area contributed by atoms with Crippen molar-refractivity contribution < 1.29 is 28.7 Å². The van der Waals surface area contributed by atoms with Crippen LogP contribution in [0.5, 0.6) is 0 Å². The van der Waals surface area contributed by atoms with E-state index in [1.165, 1.54) is 31.4 Å². The molecule has 1 heterocycles. The summed E-state index contributed by atoms with van der Waals surface area (Å²) >= 11 is 6.88. The van der Waals surface area contributed by atoms with Crippen LogP contribution in [0, 0.1) is 17.2 Å². The van der Waals surface area contributed by atoms with Crippen LogP contribution >= 0.6 is 23.4 Å². The van der Waals surface area contributed by atoms with Gasteiger partial charge >= 0.3 is 11.9 Å². The molecule has 2 aromatic rings. The molecule has 0 fully saturated rings. The fourth-order valence-electron chi connectivity index (χ4n) is 3.53. The number of rotatable bonds is 7. The van der Waals surface area contributed by atoms with Gasteiger partial charge in [0, 0.05) is 16.6 Å². The predicted molar refractivity (Wildman–Crippen MR) is 129 cm³/mol. The van der Waals surface area contributed by atoms with E-state index < -0.39 is 29.7 Å². The number of allylic oxidation sites excluding steroid dienone is 1. The average molecular weight is 514 g/mol. The SMILES string of the molecule is COC(=O)c1ccc([C@H]2C(C#N)=C(SCC(=O)Nc3cccc(Cl)c3)NC(=O)[C@H]2C(=O)OC)cc1. The molecule has 2 N–H and O–H groups in total. The zero-order valence-corrected chi connectivity index (χ0v) is 20.2. The maximum absolute atomic E-state index is 12.9. The van der Waals surface area contributed by atoms with Gasteiger partial charge < -0.3 is 20.1 Å². The standard InChI is InChI=1S/C24H20ClN3O6S/c1-33-23(31)14-8-6-13(7-9-14)19-17(11-26)22(28-21(30)20(19)24(32)34-2)35-12-18(29)27-16-5-3-4-15(25)10-16/h3-10,19-20H,12H2,1-2H3,(H,27,29)(H,28,30)/t19-,20-/m0/s1. The van der Waals surface area contributed by atoms with Crippen LogP contribution in [0.1, 0.15) is 21.8 Å². The Balaban J connectivity index is 1.91. The number of esters is 2. The van der Waals surface area contributed by atoms with Crippen molar-refractivity contribution in [3.8, 4) is 6.07 Å². The minimum Gasteiger partial charge on any atom is -0.468 e. The van der Waals surface area contributed by atoms with E-state index in [2.05, 4.69) is 16.7 Å². The average Bonchev–Trinajstić information content (AvgIpc) is 2.86. The monoisotopic (exact) mass is 513 g/mol. The summed E-state index contributed by atoms with van der Waals surface area (Å²) in [6.07, 6.45) is 0. The van der Waals surface area contributed by atoms with Crippen molar-refractivity contribution in [2.75, 3.05) is 25.3 Å². The Morgan fingerprint density at radius 2 is 1.86 bits per heavy atom. The minimum absolute atomic E-state index is 0.0892. The van der Waals surface area contributed by atoms with E-state index >= 15 is 0 Å². The number of hydrogen-bond donors (Lipinski definition) is 2. The third-order valence-corrected chi connectivity index (χ3v) is 6.38. The lowest BCUT2D eigenvalue weighted by Crippen LogP contribution is -2.44. The molecule has 0 saturated carbocycles. The molecule has 35 heavy (non-hydrogen) atoms. The van der Waals surface area contributed by atoms with Crippen molar-refractivity contribution in [2.45, 2.75) is 5.92 Å². The molecule has 2 amide bonds. The van der Waals surface area contributed by atoms with Gasteiger partial charge in [-0.05, 0) is 35.9 Å². The molecule has 9 nitrogen and oxygen atoms in total. The number of methoxy groups -OCH3 is 2. The fraction of sp³-hybridized carbons (Fsp3) is 0.208. The summed E-state index contributed by atoms with van der Waals surface area (Å²) in [5, 5.41) is 15.8. The van der Waals surface area contributed by atoms with Crippen molar-refractivity contribution in [2.24, 2.45) is 5.92 Å². The van der Waals surface area contributed by atoms with Crippen LogP contribution in [0.25, 0.3) is 0 Å².